The molecule has 1 saturated carbocycles. The first-order chi connectivity index (χ1) is 14.0. The number of ether oxygens (including phenoxy) is 1. The summed E-state index contributed by atoms with van der Waals surface area (Å²) in [5, 5.41) is 5.47. The lowest BCUT2D eigenvalue weighted by Crippen LogP contribution is -2.55. The molecule has 0 spiro atoms. The van der Waals surface area contributed by atoms with E-state index in [-0.39, 0.29) is 24.0 Å². The molecule has 7 nitrogen and oxygen atoms in total. The highest BCUT2D eigenvalue weighted by atomic mass is 16.5. The maximum absolute atomic E-state index is 12.5. The van der Waals surface area contributed by atoms with Crippen molar-refractivity contribution in [3.63, 3.8) is 0 Å². The SMILES string of the molecule is COc1ccc(CN2CCN([C@@H](C)C(=O)NC(=O)NC3CCCCC3)CC2)cc1. The number of piperazine rings is 1. The molecule has 0 bridgehead atoms. The minimum Gasteiger partial charge on any atom is -0.497 e. The van der Waals surface area contributed by atoms with Crippen molar-refractivity contribution >= 4 is 11.9 Å². The number of hydrogen-bond acceptors (Lipinski definition) is 5. The molecule has 29 heavy (non-hydrogen) atoms. The highest BCUT2D eigenvalue weighted by Gasteiger charge is 2.27. The summed E-state index contributed by atoms with van der Waals surface area (Å²) in [5.41, 5.74) is 1.25. The van der Waals surface area contributed by atoms with Gasteiger partial charge in [0.25, 0.3) is 0 Å². The summed E-state index contributed by atoms with van der Waals surface area (Å²) < 4.78 is 5.21. The van der Waals surface area contributed by atoms with Crippen LogP contribution in [-0.2, 0) is 11.3 Å². The Hall–Kier alpha value is -2.12. The number of methoxy groups -OCH3 is 1. The second-order valence-corrected chi connectivity index (χ2v) is 8.13. The zero-order valence-electron chi connectivity index (χ0n) is 17.7. The van der Waals surface area contributed by atoms with Gasteiger partial charge in [0, 0.05) is 38.8 Å². The van der Waals surface area contributed by atoms with Gasteiger partial charge in [-0.15, -0.1) is 0 Å². The fourth-order valence-electron chi connectivity index (χ4n) is 4.15. The van der Waals surface area contributed by atoms with Crippen molar-refractivity contribution in [2.24, 2.45) is 0 Å². The van der Waals surface area contributed by atoms with Crippen LogP contribution in [0.25, 0.3) is 0 Å². The van der Waals surface area contributed by atoms with Crippen LogP contribution in [0, 0.1) is 0 Å². The Balaban J connectivity index is 1.39. The van der Waals surface area contributed by atoms with Crippen molar-refractivity contribution in [2.45, 2.75) is 57.7 Å². The molecule has 3 rings (SSSR count). The van der Waals surface area contributed by atoms with Crippen molar-refractivity contribution in [1.82, 2.24) is 20.4 Å². The number of carbonyl (C=O) groups excluding carboxylic acids is 2. The van der Waals surface area contributed by atoms with Crippen LogP contribution >= 0.6 is 0 Å². The Labute approximate surface area is 173 Å². The molecular formula is C22H34N4O3. The molecule has 3 amide bonds. The molecule has 0 aromatic heterocycles. The number of benzene rings is 1. The summed E-state index contributed by atoms with van der Waals surface area (Å²) in [6.07, 6.45) is 5.55. The van der Waals surface area contributed by atoms with Gasteiger partial charge >= 0.3 is 6.03 Å². The molecule has 1 aromatic rings. The fourth-order valence-corrected chi connectivity index (χ4v) is 4.15. The van der Waals surface area contributed by atoms with E-state index in [9.17, 15) is 9.59 Å². The number of amides is 3. The summed E-state index contributed by atoms with van der Waals surface area (Å²) >= 11 is 0. The van der Waals surface area contributed by atoms with Crippen LogP contribution < -0.4 is 15.4 Å². The monoisotopic (exact) mass is 402 g/mol. The fraction of sp³-hybridized carbons (Fsp3) is 0.636. The Morgan fingerprint density at radius 3 is 2.34 bits per heavy atom. The van der Waals surface area contributed by atoms with Crippen LogP contribution in [0.5, 0.6) is 5.75 Å². The van der Waals surface area contributed by atoms with Crippen LogP contribution in [-0.4, -0.2) is 67.1 Å². The highest BCUT2D eigenvalue weighted by Crippen LogP contribution is 2.17. The van der Waals surface area contributed by atoms with Gasteiger partial charge < -0.3 is 10.1 Å². The predicted octanol–water partition coefficient (Wildman–Crippen LogP) is 2.36. The van der Waals surface area contributed by atoms with E-state index in [1.807, 2.05) is 19.1 Å². The maximum Gasteiger partial charge on any atom is 0.321 e. The minimum atomic E-state index is -0.355. The van der Waals surface area contributed by atoms with Crippen LogP contribution in [0.4, 0.5) is 4.79 Å². The van der Waals surface area contributed by atoms with Crippen LogP contribution in [0.1, 0.15) is 44.6 Å². The molecular weight excluding hydrogens is 368 g/mol. The zero-order chi connectivity index (χ0) is 20.6. The lowest BCUT2D eigenvalue weighted by molar-refractivity contribution is -0.125. The lowest BCUT2D eigenvalue weighted by atomic mass is 9.96. The second kappa shape index (κ2) is 10.6. The first-order valence-corrected chi connectivity index (χ1v) is 10.8. The topological polar surface area (TPSA) is 73.9 Å². The molecule has 1 atom stereocenters. The Morgan fingerprint density at radius 2 is 1.72 bits per heavy atom. The normalized spacial score (nSPS) is 20.1. The first-order valence-electron chi connectivity index (χ1n) is 10.8. The summed E-state index contributed by atoms with van der Waals surface area (Å²) in [6.45, 7) is 6.20. The van der Waals surface area contributed by atoms with Crippen molar-refractivity contribution in [3.05, 3.63) is 29.8 Å². The quantitative estimate of drug-likeness (QED) is 0.764. The van der Waals surface area contributed by atoms with Crippen molar-refractivity contribution in [1.29, 1.82) is 0 Å². The van der Waals surface area contributed by atoms with Crippen molar-refractivity contribution < 1.29 is 14.3 Å². The van der Waals surface area contributed by atoms with Gasteiger partial charge in [0.1, 0.15) is 5.75 Å². The molecule has 0 unspecified atom stereocenters. The number of carbonyl (C=O) groups is 2. The Kier molecular flexibility index (Phi) is 7.89. The Bertz CT molecular complexity index is 665. The number of urea groups is 1. The molecule has 2 N–H and O–H groups in total. The predicted molar refractivity (Wildman–Crippen MR) is 113 cm³/mol. The molecule has 1 aliphatic carbocycles. The van der Waals surface area contributed by atoms with Crippen LogP contribution in [0.2, 0.25) is 0 Å². The van der Waals surface area contributed by atoms with E-state index in [0.29, 0.717) is 0 Å². The van der Waals surface area contributed by atoms with Crippen LogP contribution in [0.15, 0.2) is 24.3 Å². The lowest BCUT2D eigenvalue weighted by Gasteiger charge is -2.37. The van der Waals surface area contributed by atoms with Gasteiger partial charge in [0.2, 0.25) is 5.91 Å². The smallest absolute Gasteiger partial charge is 0.321 e. The standard InChI is InChI=1S/C22H34N4O3/c1-17(21(27)24-22(28)23-19-6-4-3-5-7-19)26-14-12-25(13-15-26)16-18-8-10-20(29-2)11-9-18/h8-11,17,19H,3-7,12-16H2,1-2H3,(H2,23,24,27,28)/t17-/m0/s1. The molecule has 0 radical (unpaired) electrons. The van der Waals surface area contributed by atoms with Gasteiger partial charge in [0.05, 0.1) is 13.2 Å². The molecule has 7 heteroatoms. The minimum absolute atomic E-state index is 0.202. The Morgan fingerprint density at radius 1 is 1.07 bits per heavy atom. The van der Waals surface area contributed by atoms with Gasteiger partial charge in [-0.3, -0.25) is 19.9 Å². The third kappa shape index (κ3) is 6.44. The maximum atomic E-state index is 12.5. The number of nitrogens with one attached hydrogen (secondary N) is 2. The van der Waals surface area contributed by atoms with Gasteiger partial charge in [-0.25, -0.2) is 4.79 Å². The van der Waals surface area contributed by atoms with Crippen LogP contribution in [0.3, 0.4) is 0 Å². The van der Waals surface area contributed by atoms with E-state index in [2.05, 4.69) is 32.6 Å². The molecule has 1 aliphatic heterocycles. The van der Waals surface area contributed by atoms with E-state index in [1.54, 1.807) is 7.11 Å². The van der Waals surface area contributed by atoms with E-state index < -0.39 is 0 Å². The average molecular weight is 403 g/mol. The molecule has 1 heterocycles. The van der Waals surface area contributed by atoms with E-state index in [4.69, 9.17) is 4.74 Å². The number of imide groups is 1. The largest absolute Gasteiger partial charge is 0.497 e. The van der Waals surface area contributed by atoms with E-state index in [1.165, 1.54) is 12.0 Å². The third-order valence-corrected chi connectivity index (χ3v) is 6.08. The van der Waals surface area contributed by atoms with Gasteiger partial charge in [-0.2, -0.15) is 0 Å². The zero-order valence-corrected chi connectivity index (χ0v) is 17.7. The van der Waals surface area contributed by atoms with Gasteiger partial charge in [-0.1, -0.05) is 31.4 Å². The highest BCUT2D eigenvalue weighted by molar-refractivity contribution is 5.96. The van der Waals surface area contributed by atoms with Gasteiger partial charge in [-0.05, 0) is 37.5 Å². The number of hydrogen-bond donors (Lipinski definition) is 2. The van der Waals surface area contributed by atoms with Crippen molar-refractivity contribution in [3.8, 4) is 5.75 Å². The summed E-state index contributed by atoms with van der Waals surface area (Å²) in [6, 6.07) is 7.68. The summed E-state index contributed by atoms with van der Waals surface area (Å²) in [4.78, 5) is 29.2. The molecule has 2 fully saturated rings. The molecule has 1 saturated heterocycles. The first kappa shape index (κ1) is 21.6. The average Bonchev–Trinajstić information content (AvgIpc) is 2.75. The van der Waals surface area contributed by atoms with Crippen molar-refractivity contribution in [2.75, 3.05) is 33.3 Å². The molecule has 160 valence electrons. The molecule has 1 aromatic carbocycles. The molecule has 2 aliphatic rings. The summed E-state index contributed by atoms with van der Waals surface area (Å²) in [7, 11) is 1.67. The number of rotatable bonds is 6. The van der Waals surface area contributed by atoms with E-state index >= 15 is 0 Å². The second-order valence-electron chi connectivity index (χ2n) is 8.13. The van der Waals surface area contributed by atoms with Gasteiger partial charge in [0.15, 0.2) is 0 Å². The number of nitrogens with zero attached hydrogens (tertiary/aromatic N) is 2. The van der Waals surface area contributed by atoms with E-state index in [0.717, 1.165) is 64.2 Å². The summed E-state index contributed by atoms with van der Waals surface area (Å²) in [5.74, 6) is 0.646. The third-order valence-electron chi connectivity index (χ3n) is 6.08.